The van der Waals surface area contributed by atoms with Gasteiger partial charge in [-0.15, -0.1) is 0 Å². The molecule has 0 aliphatic heterocycles. The van der Waals surface area contributed by atoms with Crippen LogP contribution in [-0.2, 0) is 0 Å². The highest BCUT2D eigenvalue weighted by molar-refractivity contribution is 7.98. The second-order valence-electron chi connectivity index (χ2n) is 4.47. The number of nitrogens with one attached hydrogen (secondary N) is 1. The van der Waals surface area contributed by atoms with E-state index in [-0.39, 0.29) is 0 Å². The molecule has 0 saturated heterocycles. The molecule has 14 heavy (non-hydrogen) atoms. The monoisotopic (exact) mass is 215 g/mol. The normalized spacial score (nSPS) is 18.4. The van der Waals surface area contributed by atoms with Crippen LogP contribution in [0.4, 0.5) is 0 Å². The van der Waals surface area contributed by atoms with E-state index in [0.717, 1.165) is 12.0 Å². The van der Waals surface area contributed by atoms with Gasteiger partial charge in [-0.05, 0) is 56.6 Å². The Labute approximate surface area is 93.4 Å². The lowest BCUT2D eigenvalue weighted by molar-refractivity contribution is 0.410. The lowest BCUT2D eigenvalue weighted by Crippen LogP contribution is -2.24. The predicted molar refractivity (Wildman–Crippen MR) is 67.0 cm³/mol. The summed E-state index contributed by atoms with van der Waals surface area (Å²) < 4.78 is 0. The van der Waals surface area contributed by atoms with Gasteiger partial charge in [0.2, 0.25) is 0 Å². The smallest absolute Gasteiger partial charge is 0.00683 e. The fourth-order valence-electron chi connectivity index (χ4n) is 1.89. The highest BCUT2D eigenvalue weighted by Gasteiger charge is 2.21. The molecule has 0 aromatic heterocycles. The molecule has 1 rings (SSSR count). The van der Waals surface area contributed by atoms with Crippen LogP contribution in [0.25, 0.3) is 0 Å². The summed E-state index contributed by atoms with van der Waals surface area (Å²) in [5, 5.41) is 3.66. The molecule has 0 aromatic carbocycles. The molecule has 1 aliphatic rings. The minimum Gasteiger partial charge on any atom is -0.314 e. The Hall–Kier alpha value is 0.310. The van der Waals surface area contributed by atoms with E-state index >= 15 is 0 Å². The van der Waals surface area contributed by atoms with E-state index in [0.29, 0.717) is 0 Å². The molecule has 0 spiro atoms. The van der Waals surface area contributed by atoms with Crippen molar-refractivity contribution >= 4 is 11.8 Å². The topological polar surface area (TPSA) is 12.0 Å². The maximum Gasteiger partial charge on any atom is 0.00683 e. The second-order valence-corrected chi connectivity index (χ2v) is 5.46. The highest BCUT2D eigenvalue weighted by Crippen LogP contribution is 2.21. The molecule has 0 bridgehead atoms. The van der Waals surface area contributed by atoms with Crippen molar-refractivity contribution in [2.45, 2.75) is 51.5 Å². The van der Waals surface area contributed by atoms with E-state index in [4.69, 9.17) is 0 Å². The van der Waals surface area contributed by atoms with E-state index in [9.17, 15) is 0 Å². The predicted octanol–water partition coefficient (Wildman–Crippen LogP) is 3.30. The van der Waals surface area contributed by atoms with Gasteiger partial charge in [0.25, 0.3) is 0 Å². The van der Waals surface area contributed by atoms with Crippen LogP contribution in [0.2, 0.25) is 0 Å². The van der Waals surface area contributed by atoms with E-state index < -0.39 is 0 Å². The third-order valence-electron chi connectivity index (χ3n) is 2.93. The quantitative estimate of drug-likeness (QED) is 0.592. The summed E-state index contributed by atoms with van der Waals surface area (Å²) in [6.45, 7) is 3.57. The van der Waals surface area contributed by atoms with Gasteiger partial charge in [-0.3, -0.25) is 0 Å². The molecule has 1 saturated carbocycles. The van der Waals surface area contributed by atoms with Crippen LogP contribution in [0, 0.1) is 5.92 Å². The standard InChI is InChI=1S/C12H25NS/c1-3-5-11(6-4-9-14-2)10-13-12-7-8-12/h11-13H,3-10H2,1-2H3. The van der Waals surface area contributed by atoms with Gasteiger partial charge in [-0.25, -0.2) is 0 Å². The molecule has 1 fully saturated rings. The Bertz CT molecular complexity index is 134. The minimum atomic E-state index is 0.884. The number of hydrogen-bond donors (Lipinski definition) is 1. The van der Waals surface area contributed by atoms with Crippen LogP contribution in [0.3, 0.4) is 0 Å². The van der Waals surface area contributed by atoms with Crippen molar-refractivity contribution < 1.29 is 0 Å². The molecule has 0 radical (unpaired) electrons. The number of thioether (sulfide) groups is 1. The fraction of sp³-hybridized carbons (Fsp3) is 1.00. The molecule has 0 aromatic rings. The van der Waals surface area contributed by atoms with Gasteiger partial charge >= 0.3 is 0 Å². The zero-order chi connectivity index (χ0) is 10.2. The van der Waals surface area contributed by atoms with Crippen molar-refractivity contribution in [2.24, 2.45) is 5.92 Å². The lowest BCUT2D eigenvalue weighted by atomic mass is 9.98. The largest absolute Gasteiger partial charge is 0.314 e. The lowest BCUT2D eigenvalue weighted by Gasteiger charge is -2.16. The molecule has 84 valence electrons. The van der Waals surface area contributed by atoms with Gasteiger partial charge in [-0.1, -0.05) is 13.3 Å². The van der Waals surface area contributed by atoms with Crippen LogP contribution in [-0.4, -0.2) is 24.6 Å². The third kappa shape index (κ3) is 5.92. The first-order chi connectivity index (χ1) is 6.86. The maximum atomic E-state index is 3.66. The zero-order valence-corrected chi connectivity index (χ0v) is 10.5. The van der Waals surface area contributed by atoms with E-state index in [1.54, 1.807) is 0 Å². The second kappa shape index (κ2) is 7.58. The SMILES string of the molecule is CCCC(CCCSC)CNC1CC1. The van der Waals surface area contributed by atoms with Crippen molar-refractivity contribution in [3.8, 4) is 0 Å². The van der Waals surface area contributed by atoms with Crippen molar-refractivity contribution in [3.63, 3.8) is 0 Å². The molecule has 0 amide bonds. The van der Waals surface area contributed by atoms with Crippen molar-refractivity contribution in [1.29, 1.82) is 0 Å². The van der Waals surface area contributed by atoms with Gasteiger partial charge in [-0.2, -0.15) is 11.8 Å². The summed E-state index contributed by atoms with van der Waals surface area (Å²) in [7, 11) is 0. The summed E-state index contributed by atoms with van der Waals surface area (Å²) in [5.41, 5.74) is 0. The van der Waals surface area contributed by atoms with Crippen LogP contribution >= 0.6 is 11.8 Å². The van der Waals surface area contributed by atoms with E-state index in [2.05, 4.69) is 18.5 Å². The molecule has 0 heterocycles. The van der Waals surface area contributed by atoms with Crippen molar-refractivity contribution in [2.75, 3.05) is 18.6 Å². The van der Waals surface area contributed by atoms with Crippen LogP contribution in [0.5, 0.6) is 0 Å². The molecule has 1 N–H and O–H groups in total. The Morgan fingerprint density at radius 2 is 2.14 bits per heavy atom. The van der Waals surface area contributed by atoms with Gasteiger partial charge in [0.1, 0.15) is 0 Å². The van der Waals surface area contributed by atoms with Gasteiger partial charge in [0.15, 0.2) is 0 Å². The minimum absolute atomic E-state index is 0.884. The molecule has 1 atom stereocenters. The zero-order valence-electron chi connectivity index (χ0n) is 9.72. The van der Waals surface area contributed by atoms with Crippen molar-refractivity contribution in [1.82, 2.24) is 5.32 Å². The van der Waals surface area contributed by atoms with Gasteiger partial charge in [0.05, 0.1) is 0 Å². The Balaban J connectivity index is 2.02. The molecular formula is C12H25NS. The first-order valence-electron chi connectivity index (χ1n) is 6.09. The van der Waals surface area contributed by atoms with Crippen LogP contribution in [0.15, 0.2) is 0 Å². The number of rotatable bonds is 9. The average molecular weight is 215 g/mol. The summed E-state index contributed by atoms with van der Waals surface area (Å²) in [6, 6.07) is 0.884. The molecule has 1 unspecified atom stereocenters. The molecule has 1 aliphatic carbocycles. The first kappa shape index (κ1) is 12.4. The fourth-order valence-corrected chi connectivity index (χ4v) is 2.35. The van der Waals surface area contributed by atoms with E-state index in [1.807, 2.05) is 11.8 Å². The van der Waals surface area contributed by atoms with Gasteiger partial charge < -0.3 is 5.32 Å². The van der Waals surface area contributed by atoms with Gasteiger partial charge in [0, 0.05) is 6.04 Å². The third-order valence-corrected chi connectivity index (χ3v) is 3.63. The van der Waals surface area contributed by atoms with Crippen molar-refractivity contribution in [3.05, 3.63) is 0 Å². The summed E-state index contributed by atoms with van der Waals surface area (Å²) in [4.78, 5) is 0. The Morgan fingerprint density at radius 1 is 1.36 bits per heavy atom. The van der Waals surface area contributed by atoms with Crippen LogP contribution in [0.1, 0.15) is 45.4 Å². The molecular weight excluding hydrogens is 190 g/mol. The Kier molecular flexibility index (Phi) is 6.70. The first-order valence-corrected chi connectivity index (χ1v) is 7.48. The Morgan fingerprint density at radius 3 is 2.71 bits per heavy atom. The van der Waals surface area contributed by atoms with Crippen LogP contribution < -0.4 is 5.32 Å². The molecule has 1 nitrogen and oxygen atoms in total. The maximum absolute atomic E-state index is 3.66. The number of hydrogen-bond acceptors (Lipinski definition) is 2. The average Bonchev–Trinajstić information content (AvgIpc) is 2.98. The molecule has 2 heteroatoms. The summed E-state index contributed by atoms with van der Waals surface area (Å²) in [6.07, 6.45) is 10.6. The summed E-state index contributed by atoms with van der Waals surface area (Å²) in [5.74, 6) is 2.27. The summed E-state index contributed by atoms with van der Waals surface area (Å²) >= 11 is 1.98. The highest BCUT2D eigenvalue weighted by atomic mass is 32.2. The van der Waals surface area contributed by atoms with E-state index in [1.165, 1.54) is 50.8 Å².